The van der Waals surface area contributed by atoms with Crippen LogP contribution in [-0.4, -0.2) is 50.2 Å². The molecule has 0 saturated heterocycles. The smallest absolute Gasteiger partial charge is 0.233 e. The van der Waals surface area contributed by atoms with E-state index in [0.29, 0.717) is 24.1 Å². The number of ether oxygens (including phenoxy) is 1. The van der Waals surface area contributed by atoms with E-state index in [1.807, 2.05) is 13.1 Å². The second-order valence-electron chi connectivity index (χ2n) is 6.90. The van der Waals surface area contributed by atoms with Crippen LogP contribution in [0.3, 0.4) is 0 Å². The summed E-state index contributed by atoms with van der Waals surface area (Å²) in [5.41, 5.74) is 1.85. The zero-order valence-corrected chi connectivity index (χ0v) is 15.5. The van der Waals surface area contributed by atoms with E-state index in [1.54, 1.807) is 47.6 Å². The predicted octanol–water partition coefficient (Wildman–Crippen LogP) is 2.89. The molecule has 1 fully saturated rings. The largest absolute Gasteiger partial charge is 0.507 e. The molecule has 1 aliphatic carbocycles. The van der Waals surface area contributed by atoms with Crippen LogP contribution in [0.2, 0.25) is 0 Å². The fourth-order valence-corrected chi connectivity index (χ4v) is 3.47. The quantitative estimate of drug-likeness (QED) is 0.705. The van der Waals surface area contributed by atoms with Crippen molar-refractivity contribution in [3.63, 3.8) is 0 Å². The van der Waals surface area contributed by atoms with Gasteiger partial charge in [0.2, 0.25) is 5.88 Å². The normalized spacial score (nSPS) is 22.1. The van der Waals surface area contributed by atoms with Gasteiger partial charge in [-0.25, -0.2) is 9.37 Å². The molecule has 146 valence electrons. The molecule has 2 unspecified atom stereocenters. The van der Waals surface area contributed by atoms with Crippen molar-refractivity contribution in [1.29, 1.82) is 0 Å². The first kappa shape index (κ1) is 18.4. The monoisotopic (exact) mass is 383 g/mol. The van der Waals surface area contributed by atoms with Crippen LogP contribution in [0.1, 0.15) is 19.3 Å². The van der Waals surface area contributed by atoms with Crippen molar-refractivity contribution in [2.45, 2.75) is 37.6 Å². The first-order valence-corrected chi connectivity index (χ1v) is 9.27. The van der Waals surface area contributed by atoms with E-state index in [0.717, 1.165) is 12.1 Å². The maximum Gasteiger partial charge on any atom is 0.233 e. The number of alkyl halides is 1. The molecule has 0 spiro atoms. The van der Waals surface area contributed by atoms with Crippen LogP contribution in [-0.2, 0) is 0 Å². The minimum Gasteiger partial charge on any atom is -0.507 e. The number of hydrogen-bond acceptors (Lipinski definition) is 6. The molecule has 3 aromatic rings. The summed E-state index contributed by atoms with van der Waals surface area (Å²) in [6.45, 7) is 0. The standard InChI is InChI=1S/C20H22FN5O2/c1-22-13-2-5-16(21)19(10-13)28-20-7-6-17(24-25-20)15-4-3-14(11-18(15)27)26-9-8-23-12-26/h3-4,6-9,11-13,16,19,22,27H,2,5,10H2,1H3/t13?,16?,19-/m0/s1. The molecule has 2 N–H and O–H groups in total. The average molecular weight is 383 g/mol. The van der Waals surface area contributed by atoms with Crippen molar-refractivity contribution in [1.82, 2.24) is 25.1 Å². The molecule has 1 aromatic carbocycles. The summed E-state index contributed by atoms with van der Waals surface area (Å²) in [6, 6.07) is 8.87. The molecule has 1 aliphatic rings. The molecule has 4 rings (SSSR count). The third-order valence-corrected chi connectivity index (χ3v) is 5.09. The van der Waals surface area contributed by atoms with E-state index < -0.39 is 12.3 Å². The van der Waals surface area contributed by atoms with Crippen LogP contribution >= 0.6 is 0 Å². The Morgan fingerprint density at radius 3 is 2.79 bits per heavy atom. The number of phenols is 1. The molecular formula is C20H22FN5O2. The van der Waals surface area contributed by atoms with Crippen LogP contribution in [0.25, 0.3) is 16.9 Å². The van der Waals surface area contributed by atoms with Gasteiger partial charge in [0.25, 0.3) is 0 Å². The van der Waals surface area contributed by atoms with Gasteiger partial charge in [0, 0.05) is 42.6 Å². The zero-order chi connectivity index (χ0) is 19.5. The highest BCUT2D eigenvalue weighted by Gasteiger charge is 2.31. The lowest BCUT2D eigenvalue weighted by Crippen LogP contribution is -2.42. The Labute approximate surface area is 162 Å². The lowest BCUT2D eigenvalue weighted by molar-refractivity contribution is 0.0473. The van der Waals surface area contributed by atoms with Gasteiger partial charge in [-0.1, -0.05) is 0 Å². The number of imidazole rings is 1. The van der Waals surface area contributed by atoms with Gasteiger partial charge in [0.15, 0.2) is 0 Å². The van der Waals surface area contributed by atoms with E-state index in [4.69, 9.17) is 4.74 Å². The van der Waals surface area contributed by atoms with E-state index in [1.165, 1.54) is 0 Å². The topological polar surface area (TPSA) is 85.1 Å². The van der Waals surface area contributed by atoms with E-state index in [9.17, 15) is 9.50 Å². The third-order valence-electron chi connectivity index (χ3n) is 5.09. The van der Waals surface area contributed by atoms with Crippen molar-refractivity contribution in [2.75, 3.05) is 7.05 Å². The lowest BCUT2D eigenvalue weighted by Gasteiger charge is -2.31. The molecule has 0 bridgehead atoms. The van der Waals surface area contributed by atoms with Crippen molar-refractivity contribution in [3.05, 3.63) is 49.1 Å². The van der Waals surface area contributed by atoms with Crippen LogP contribution in [0.15, 0.2) is 49.1 Å². The molecule has 0 radical (unpaired) electrons. The van der Waals surface area contributed by atoms with Gasteiger partial charge < -0.3 is 19.7 Å². The average Bonchev–Trinajstić information content (AvgIpc) is 3.25. The van der Waals surface area contributed by atoms with Crippen molar-refractivity contribution in [3.8, 4) is 28.6 Å². The Morgan fingerprint density at radius 2 is 2.11 bits per heavy atom. The van der Waals surface area contributed by atoms with Gasteiger partial charge in [-0.05, 0) is 38.1 Å². The van der Waals surface area contributed by atoms with Gasteiger partial charge in [-0.2, -0.15) is 0 Å². The van der Waals surface area contributed by atoms with Gasteiger partial charge in [0.05, 0.1) is 17.7 Å². The summed E-state index contributed by atoms with van der Waals surface area (Å²) < 4.78 is 21.7. The predicted molar refractivity (Wildman–Crippen MR) is 102 cm³/mol. The Hall–Kier alpha value is -3.00. The number of aromatic hydroxyl groups is 1. The molecule has 3 atom stereocenters. The van der Waals surface area contributed by atoms with E-state index >= 15 is 0 Å². The summed E-state index contributed by atoms with van der Waals surface area (Å²) in [4.78, 5) is 4.00. The maximum atomic E-state index is 14.2. The van der Waals surface area contributed by atoms with Crippen LogP contribution < -0.4 is 10.1 Å². The lowest BCUT2D eigenvalue weighted by atomic mass is 9.91. The number of hydrogen-bond donors (Lipinski definition) is 2. The summed E-state index contributed by atoms with van der Waals surface area (Å²) in [5, 5.41) is 21.8. The minimum atomic E-state index is -1.01. The second kappa shape index (κ2) is 7.93. The SMILES string of the molecule is CNC1CCC(F)[C@@H](Oc2ccc(-c3ccc(-n4ccnc4)cc3O)nn2)C1. The van der Waals surface area contributed by atoms with Gasteiger partial charge in [-0.15, -0.1) is 10.2 Å². The number of aromatic nitrogens is 4. The van der Waals surface area contributed by atoms with E-state index in [2.05, 4.69) is 20.5 Å². The Balaban J connectivity index is 1.49. The molecule has 28 heavy (non-hydrogen) atoms. The van der Waals surface area contributed by atoms with Crippen LogP contribution in [0.4, 0.5) is 4.39 Å². The Kier molecular flexibility index (Phi) is 5.21. The second-order valence-corrected chi connectivity index (χ2v) is 6.90. The summed E-state index contributed by atoms with van der Waals surface area (Å²) in [5.74, 6) is 0.366. The molecule has 1 saturated carbocycles. The minimum absolute atomic E-state index is 0.0853. The number of nitrogens with one attached hydrogen (secondary N) is 1. The number of nitrogens with zero attached hydrogens (tertiary/aromatic N) is 4. The Bertz CT molecular complexity index is 917. The fourth-order valence-electron chi connectivity index (χ4n) is 3.47. The summed E-state index contributed by atoms with van der Waals surface area (Å²) in [6.07, 6.45) is 5.44. The first-order chi connectivity index (χ1) is 13.6. The molecule has 8 heteroatoms. The Morgan fingerprint density at radius 1 is 1.21 bits per heavy atom. The molecule has 0 aliphatic heterocycles. The van der Waals surface area contributed by atoms with Gasteiger partial charge in [-0.3, -0.25) is 0 Å². The number of halogens is 1. The number of phenolic OH excluding ortho intramolecular Hbond substituents is 1. The van der Waals surface area contributed by atoms with E-state index in [-0.39, 0.29) is 17.7 Å². The number of benzene rings is 1. The third kappa shape index (κ3) is 3.82. The maximum absolute atomic E-state index is 14.2. The van der Waals surface area contributed by atoms with Crippen molar-refractivity contribution < 1.29 is 14.2 Å². The summed E-state index contributed by atoms with van der Waals surface area (Å²) in [7, 11) is 1.87. The first-order valence-electron chi connectivity index (χ1n) is 9.27. The van der Waals surface area contributed by atoms with Gasteiger partial charge in [0.1, 0.15) is 18.0 Å². The highest BCUT2D eigenvalue weighted by atomic mass is 19.1. The number of rotatable bonds is 5. The molecule has 0 amide bonds. The summed E-state index contributed by atoms with van der Waals surface area (Å²) >= 11 is 0. The highest BCUT2D eigenvalue weighted by Crippen LogP contribution is 2.31. The van der Waals surface area contributed by atoms with Crippen molar-refractivity contribution >= 4 is 0 Å². The van der Waals surface area contributed by atoms with Crippen molar-refractivity contribution in [2.24, 2.45) is 0 Å². The highest BCUT2D eigenvalue weighted by molar-refractivity contribution is 5.68. The van der Waals surface area contributed by atoms with Gasteiger partial charge >= 0.3 is 0 Å². The van der Waals surface area contributed by atoms with Crippen LogP contribution in [0, 0.1) is 0 Å². The molecule has 2 heterocycles. The molecule has 7 nitrogen and oxygen atoms in total. The van der Waals surface area contributed by atoms with Crippen LogP contribution in [0.5, 0.6) is 11.6 Å². The zero-order valence-electron chi connectivity index (χ0n) is 15.5. The molecule has 2 aromatic heterocycles. The fraction of sp³-hybridized carbons (Fsp3) is 0.350. The molecular weight excluding hydrogens is 361 g/mol.